The summed E-state index contributed by atoms with van der Waals surface area (Å²) in [4.78, 5) is 11.5. The van der Waals surface area contributed by atoms with Gasteiger partial charge in [-0.2, -0.15) is 0 Å². The lowest BCUT2D eigenvalue weighted by molar-refractivity contribution is 0.0494. The quantitative estimate of drug-likeness (QED) is 0.710. The van der Waals surface area contributed by atoms with Crippen LogP contribution in [0.2, 0.25) is 0 Å². The molecule has 1 N–H and O–H groups in total. The molecular weight excluding hydrogens is 194 g/mol. The second kappa shape index (κ2) is 4.66. The van der Waals surface area contributed by atoms with Crippen LogP contribution in [0.5, 0.6) is 0 Å². The van der Waals surface area contributed by atoms with Crippen molar-refractivity contribution in [3.63, 3.8) is 0 Å². The fourth-order valence-electron chi connectivity index (χ4n) is 1.41. The van der Waals surface area contributed by atoms with Gasteiger partial charge in [-0.05, 0) is 20.8 Å². The smallest absolute Gasteiger partial charge is 0.407 e. The van der Waals surface area contributed by atoms with E-state index in [0.717, 1.165) is 0 Å². The Kier molecular flexibility index (Phi) is 3.74. The first-order chi connectivity index (χ1) is 6.92. The van der Waals surface area contributed by atoms with Crippen LogP contribution < -0.4 is 5.32 Å². The van der Waals surface area contributed by atoms with E-state index in [-0.39, 0.29) is 12.0 Å². The van der Waals surface area contributed by atoms with Gasteiger partial charge >= 0.3 is 6.09 Å². The van der Waals surface area contributed by atoms with Crippen molar-refractivity contribution in [2.24, 2.45) is 5.92 Å². The third-order valence-corrected chi connectivity index (χ3v) is 2.13. The standard InChI is InChI=1S/C11H19NO3/c1-5-8-6-14-7-9(8)12-10(13)15-11(2,3)4/h5,8-9H,1,6-7H2,2-4H3,(H,12,13)/t8-,9+/m0/s1. The van der Waals surface area contributed by atoms with E-state index in [1.165, 1.54) is 0 Å². The molecule has 0 aromatic rings. The fraction of sp³-hybridized carbons (Fsp3) is 0.727. The molecule has 1 saturated heterocycles. The largest absolute Gasteiger partial charge is 0.444 e. The number of alkyl carbamates (subject to hydrolysis) is 1. The maximum absolute atomic E-state index is 11.5. The van der Waals surface area contributed by atoms with E-state index in [1.54, 1.807) is 6.08 Å². The highest BCUT2D eigenvalue weighted by atomic mass is 16.6. The molecule has 0 aromatic heterocycles. The summed E-state index contributed by atoms with van der Waals surface area (Å²) >= 11 is 0. The van der Waals surface area contributed by atoms with Crippen molar-refractivity contribution in [2.45, 2.75) is 32.4 Å². The van der Waals surface area contributed by atoms with E-state index in [1.807, 2.05) is 20.8 Å². The Morgan fingerprint density at radius 1 is 1.53 bits per heavy atom. The lowest BCUT2D eigenvalue weighted by Gasteiger charge is -2.22. The first-order valence-corrected chi connectivity index (χ1v) is 5.12. The number of rotatable bonds is 2. The summed E-state index contributed by atoms with van der Waals surface area (Å²) in [6.45, 7) is 10.3. The van der Waals surface area contributed by atoms with Crippen molar-refractivity contribution in [3.8, 4) is 0 Å². The zero-order valence-corrected chi connectivity index (χ0v) is 9.58. The average molecular weight is 213 g/mol. The molecule has 0 aromatic carbocycles. The molecule has 2 atom stereocenters. The zero-order valence-electron chi connectivity index (χ0n) is 9.58. The van der Waals surface area contributed by atoms with E-state index in [0.29, 0.717) is 13.2 Å². The Hall–Kier alpha value is -1.03. The van der Waals surface area contributed by atoms with E-state index in [9.17, 15) is 4.79 Å². The highest BCUT2D eigenvalue weighted by Gasteiger charge is 2.28. The first-order valence-electron chi connectivity index (χ1n) is 5.12. The number of hydrogen-bond donors (Lipinski definition) is 1. The highest BCUT2D eigenvalue weighted by Crippen LogP contribution is 2.15. The molecule has 0 saturated carbocycles. The molecule has 1 heterocycles. The number of nitrogens with one attached hydrogen (secondary N) is 1. The van der Waals surface area contributed by atoms with Gasteiger partial charge in [-0.25, -0.2) is 4.79 Å². The highest BCUT2D eigenvalue weighted by molar-refractivity contribution is 5.68. The Morgan fingerprint density at radius 3 is 2.73 bits per heavy atom. The first kappa shape index (κ1) is 12.0. The van der Waals surface area contributed by atoms with Crippen LogP contribution >= 0.6 is 0 Å². The molecule has 0 unspecified atom stereocenters. The molecule has 1 aliphatic rings. The molecule has 15 heavy (non-hydrogen) atoms. The Labute approximate surface area is 90.6 Å². The topological polar surface area (TPSA) is 47.6 Å². The van der Waals surface area contributed by atoms with Gasteiger partial charge in [-0.15, -0.1) is 6.58 Å². The summed E-state index contributed by atoms with van der Waals surface area (Å²) in [5.74, 6) is 0.178. The molecule has 0 radical (unpaired) electrons. The van der Waals surface area contributed by atoms with Gasteiger partial charge in [0.25, 0.3) is 0 Å². The van der Waals surface area contributed by atoms with Crippen molar-refractivity contribution >= 4 is 6.09 Å². The third kappa shape index (κ3) is 3.91. The van der Waals surface area contributed by atoms with Crippen LogP contribution in [0.3, 0.4) is 0 Å². The van der Waals surface area contributed by atoms with Crippen molar-refractivity contribution in [1.29, 1.82) is 0 Å². The van der Waals surface area contributed by atoms with Crippen LogP contribution in [0.15, 0.2) is 12.7 Å². The van der Waals surface area contributed by atoms with E-state index in [4.69, 9.17) is 9.47 Å². The van der Waals surface area contributed by atoms with Gasteiger partial charge in [0.05, 0.1) is 19.3 Å². The van der Waals surface area contributed by atoms with Gasteiger partial charge in [-0.1, -0.05) is 6.08 Å². The lowest BCUT2D eigenvalue weighted by atomic mass is 10.0. The van der Waals surface area contributed by atoms with Crippen molar-refractivity contribution in [2.75, 3.05) is 13.2 Å². The maximum atomic E-state index is 11.5. The minimum absolute atomic E-state index is 0.0163. The average Bonchev–Trinajstić information content (AvgIpc) is 2.48. The number of carbonyl (C=O) groups excluding carboxylic acids is 1. The monoisotopic (exact) mass is 213 g/mol. The number of hydrogen-bond acceptors (Lipinski definition) is 3. The molecule has 0 aliphatic carbocycles. The van der Waals surface area contributed by atoms with Gasteiger partial charge in [0, 0.05) is 5.92 Å². The molecule has 0 spiro atoms. The Bertz CT molecular complexity index is 245. The summed E-state index contributed by atoms with van der Waals surface area (Å²) in [7, 11) is 0. The van der Waals surface area contributed by atoms with Gasteiger partial charge in [0.2, 0.25) is 0 Å². The van der Waals surface area contributed by atoms with Gasteiger partial charge < -0.3 is 14.8 Å². The van der Waals surface area contributed by atoms with Crippen LogP contribution in [0.25, 0.3) is 0 Å². The van der Waals surface area contributed by atoms with Gasteiger partial charge in [-0.3, -0.25) is 0 Å². The predicted octanol–water partition coefficient (Wildman–Crippen LogP) is 1.71. The van der Waals surface area contributed by atoms with Crippen LogP contribution in [0.4, 0.5) is 4.79 Å². The fourth-order valence-corrected chi connectivity index (χ4v) is 1.41. The van der Waals surface area contributed by atoms with E-state index in [2.05, 4.69) is 11.9 Å². The lowest BCUT2D eigenvalue weighted by Crippen LogP contribution is -2.42. The molecular formula is C11H19NO3. The molecule has 4 nitrogen and oxygen atoms in total. The molecule has 0 bridgehead atoms. The molecule has 1 amide bonds. The van der Waals surface area contributed by atoms with Crippen molar-refractivity contribution in [3.05, 3.63) is 12.7 Å². The Morgan fingerprint density at radius 2 is 2.20 bits per heavy atom. The predicted molar refractivity (Wildman–Crippen MR) is 57.7 cm³/mol. The summed E-state index contributed by atoms with van der Waals surface area (Å²) in [5, 5.41) is 2.78. The molecule has 1 rings (SSSR count). The normalized spacial score (nSPS) is 26.1. The van der Waals surface area contributed by atoms with E-state index >= 15 is 0 Å². The van der Waals surface area contributed by atoms with Crippen molar-refractivity contribution in [1.82, 2.24) is 5.32 Å². The summed E-state index contributed by atoms with van der Waals surface area (Å²) in [6.07, 6.45) is 1.40. The minimum atomic E-state index is -0.465. The Balaban J connectivity index is 2.41. The molecule has 1 fully saturated rings. The SMILES string of the molecule is C=C[C@H]1COC[C@H]1NC(=O)OC(C)(C)C. The zero-order chi connectivity index (χ0) is 11.5. The number of ether oxygens (including phenoxy) is 2. The molecule has 86 valence electrons. The van der Waals surface area contributed by atoms with Crippen LogP contribution in [0.1, 0.15) is 20.8 Å². The van der Waals surface area contributed by atoms with Crippen molar-refractivity contribution < 1.29 is 14.3 Å². The summed E-state index contributed by atoms with van der Waals surface area (Å²) < 4.78 is 10.4. The minimum Gasteiger partial charge on any atom is -0.444 e. The third-order valence-electron chi connectivity index (χ3n) is 2.13. The maximum Gasteiger partial charge on any atom is 0.407 e. The second-order valence-corrected chi connectivity index (χ2v) is 4.69. The van der Waals surface area contributed by atoms with Crippen LogP contribution in [-0.4, -0.2) is 30.9 Å². The summed E-state index contributed by atoms with van der Waals surface area (Å²) in [5.41, 5.74) is -0.465. The van der Waals surface area contributed by atoms with Gasteiger partial charge in [0.1, 0.15) is 5.60 Å². The van der Waals surface area contributed by atoms with E-state index < -0.39 is 11.7 Å². The van der Waals surface area contributed by atoms with Gasteiger partial charge in [0.15, 0.2) is 0 Å². The second-order valence-electron chi connectivity index (χ2n) is 4.69. The number of carbonyl (C=O) groups is 1. The van der Waals surface area contributed by atoms with Crippen LogP contribution in [0, 0.1) is 5.92 Å². The summed E-state index contributed by atoms with van der Waals surface area (Å²) in [6, 6.07) is -0.0163. The molecule has 1 aliphatic heterocycles. The molecule has 4 heteroatoms. The number of amides is 1. The van der Waals surface area contributed by atoms with Crippen LogP contribution in [-0.2, 0) is 9.47 Å².